The molecule has 0 bridgehead atoms. The number of carbonyl (C=O) groups is 2. The van der Waals surface area contributed by atoms with E-state index in [4.69, 9.17) is 9.47 Å². The fourth-order valence-corrected chi connectivity index (χ4v) is 3.94. The molecule has 1 unspecified atom stereocenters. The molecule has 2 aliphatic rings. The molecule has 30 heavy (non-hydrogen) atoms. The van der Waals surface area contributed by atoms with Crippen LogP contribution in [0, 0.1) is 12.8 Å². The number of hydrogen-bond acceptors (Lipinski definition) is 5. The molecule has 0 radical (unpaired) electrons. The second-order valence-corrected chi connectivity index (χ2v) is 7.65. The van der Waals surface area contributed by atoms with Gasteiger partial charge in [-0.2, -0.15) is 0 Å². The molecule has 4 rings (SSSR count). The number of nitrogens with zero attached hydrogens (tertiary/aromatic N) is 2. The van der Waals surface area contributed by atoms with E-state index in [2.05, 4.69) is 42.3 Å². The van der Waals surface area contributed by atoms with Gasteiger partial charge in [-0.1, -0.05) is 12.1 Å². The summed E-state index contributed by atoms with van der Waals surface area (Å²) in [6.45, 7) is 6.85. The maximum absolute atomic E-state index is 12.7. The molecule has 2 aromatic rings. The molecule has 1 fully saturated rings. The van der Waals surface area contributed by atoms with Crippen LogP contribution in [0.2, 0.25) is 0 Å². The van der Waals surface area contributed by atoms with Crippen LogP contribution in [-0.4, -0.2) is 44.8 Å². The zero-order valence-electron chi connectivity index (χ0n) is 17.4. The van der Waals surface area contributed by atoms with Crippen molar-refractivity contribution < 1.29 is 19.1 Å². The lowest BCUT2D eigenvalue weighted by Gasteiger charge is -2.24. The average molecular weight is 409 g/mol. The molecule has 2 heterocycles. The van der Waals surface area contributed by atoms with E-state index in [1.807, 2.05) is 12.1 Å². The normalized spacial score (nSPS) is 17.3. The third-order valence-corrected chi connectivity index (χ3v) is 5.59. The van der Waals surface area contributed by atoms with Gasteiger partial charge in [0.05, 0.1) is 5.92 Å². The van der Waals surface area contributed by atoms with Gasteiger partial charge in [-0.3, -0.25) is 9.59 Å². The van der Waals surface area contributed by atoms with Gasteiger partial charge < -0.3 is 24.6 Å². The van der Waals surface area contributed by atoms with Gasteiger partial charge >= 0.3 is 0 Å². The number of rotatable bonds is 7. The summed E-state index contributed by atoms with van der Waals surface area (Å²) in [4.78, 5) is 29.0. The van der Waals surface area contributed by atoms with Crippen LogP contribution in [0.3, 0.4) is 0 Å². The van der Waals surface area contributed by atoms with E-state index in [9.17, 15) is 9.59 Å². The summed E-state index contributed by atoms with van der Waals surface area (Å²) in [5, 5.41) is 3.00. The maximum Gasteiger partial charge on any atom is 0.231 e. The first-order valence-corrected chi connectivity index (χ1v) is 10.3. The molecule has 1 N–H and O–H groups in total. The first-order chi connectivity index (χ1) is 14.5. The first-order valence-electron chi connectivity index (χ1n) is 10.3. The van der Waals surface area contributed by atoms with Gasteiger partial charge in [0.1, 0.15) is 0 Å². The predicted molar refractivity (Wildman–Crippen MR) is 115 cm³/mol. The molecule has 0 spiro atoms. The number of nitrogens with one attached hydrogen (secondary N) is 1. The minimum absolute atomic E-state index is 0.0519. The predicted octanol–water partition coefficient (Wildman–Crippen LogP) is 2.72. The van der Waals surface area contributed by atoms with Crippen LogP contribution in [0.4, 0.5) is 11.4 Å². The lowest BCUT2D eigenvalue weighted by atomic mass is 10.1. The Bertz CT molecular complexity index is 946. The van der Waals surface area contributed by atoms with Crippen LogP contribution in [0.5, 0.6) is 11.5 Å². The van der Waals surface area contributed by atoms with Crippen LogP contribution in [0.15, 0.2) is 42.5 Å². The Morgan fingerprint density at radius 1 is 1.20 bits per heavy atom. The van der Waals surface area contributed by atoms with Crippen LogP contribution in [0.1, 0.15) is 18.9 Å². The monoisotopic (exact) mass is 409 g/mol. The second-order valence-electron chi connectivity index (χ2n) is 7.65. The third-order valence-electron chi connectivity index (χ3n) is 5.59. The van der Waals surface area contributed by atoms with Crippen LogP contribution in [0.25, 0.3) is 0 Å². The summed E-state index contributed by atoms with van der Waals surface area (Å²) < 4.78 is 10.7. The van der Waals surface area contributed by atoms with Gasteiger partial charge in [0.25, 0.3) is 0 Å². The van der Waals surface area contributed by atoms with Crippen LogP contribution >= 0.6 is 0 Å². The fourth-order valence-electron chi connectivity index (χ4n) is 3.94. The Morgan fingerprint density at radius 3 is 2.83 bits per heavy atom. The Kier molecular flexibility index (Phi) is 5.79. The SMILES string of the molecule is CCN(CCNC(=O)C1CC(=O)N(c2ccc3c(c2)OCO3)C1)c1cccc(C)c1. The summed E-state index contributed by atoms with van der Waals surface area (Å²) in [5.74, 6) is 0.825. The van der Waals surface area contributed by atoms with Crippen molar-refractivity contribution in [3.05, 3.63) is 48.0 Å². The molecule has 1 atom stereocenters. The number of benzene rings is 2. The van der Waals surface area contributed by atoms with Crippen molar-refractivity contribution in [2.75, 3.05) is 42.8 Å². The highest BCUT2D eigenvalue weighted by atomic mass is 16.7. The van der Waals surface area contributed by atoms with Crippen molar-refractivity contribution >= 4 is 23.2 Å². The summed E-state index contributed by atoms with van der Waals surface area (Å²) >= 11 is 0. The molecule has 0 aromatic heterocycles. The average Bonchev–Trinajstić information content (AvgIpc) is 3.37. The topological polar surface area (TPSA) is 71.1 Å². The lowest BCUT2D eigenvalue weighted by molar-refractivity contribution is -0.126. The van der Waals surface area contributed by atoms with E-state index >= 15 is 0 Å². The summed E-state index contributed by atoms with van der Waals surface area (Å²) in [5.41, 5.74) is 3.09. The van der Waals surface area contributed by atoms with E-state index in [1.54, 1.807) is 17.0 Å². The number of anilines is 2. The maximum atomic E-state index is 12.7. The Morgan fingerprint density at radius 2 is 2.03 bits per heavy atom. The summed E-state index contributed by atoms with van der Waals surface area (Å²) in [6.07, 6.45) is 0.218. The summed E-state index contributed by atoms with van der Waals surface area (Å²) in [7, 11) is 0. The van der Waals surface area contributed by atoms with Crippen LogP contribution < -0.4 is 24.6 Å². The number of likely N-dealkylation sites (N-methyl/N-ethyl adjacent to an activating group) is 1. The third kappa shape index (κ3) is 4.20. The molecule has 0 aliphatic carbocycles. The molecule has 2 aromatic carbocycles. The number of ether oxygens (including phenoxy) is 2. The van der Waals surface area contributed by atoms with E-state index < -0.39 is 0 Å². The fraction of sp³-hybridized carbons (Fsp3) is 0.391. The minimum atomic E-state index is -0.350. The highest BCUT2D eigenvalue weighted by molar-refractivity contribution is 6.00. The van der Waals surface area contributed by atoms with E-state index in [0.29, 0.717) is 24.6 Å². The second kappa shape index (κ2) is 8.65. The molecule has 2 amide bonds. The van der Waals surface area contributed by atoms with Gasteiger partial charge in [0, 0.05) is 50.0 Å². The highest BCUT2D eigenvalue weighted by Crippen LogP contribution is 2.37. The van der Waals surface area contributed by atoms with Gasteiger partial charge in [-0.15, -0.1) is 0 Å². The highest BCUT2D eigenvalue weighted by Gasteiger charge is 2.35. The minimum Gasteiger partial charge on any atom is -0.454 e. The molecule has 7 nitrogen and oxygen atoms in total. The Balaban J connectivity index is 1.31. The Hall–Kier alpha value is -3.22. The zero-order chi connectivity index (χ0) is 21.1. The number of hydrogen-bond donors (Lipinski definition) is 1. The number of aryl methyl sites for hydroxylation is 1. The van der Waals surface area contributed by atoms with E-state index in [0.717, 1.165) is 24.5 Å². The van der Waals surface area contributed by atoms with Crippen molar-refractivity contribution in [3.8, 4) is 11.5 Å². The van der Waals surface area contributed by atoms with Gasteiger partial charge in [0.2, 0.25) is 18.6 Å². The molecular weight excluding hydrogens is 382 g/mol. The van der Waals surface area contributed by atoms with Crippen molar-refractivity contribution in [3.63, 3.8) is 0 Å². The number of fused-ring (bicyclic) bond motifs is 1. The summed E-state index contributed by atoms with van der Waals surface area (Å²) in [6, 6.07) is 13.8. The molecule has 158 valence electrons. The smallest absolute Gasteiger partial charge is 0.231 e. The molecule has 7 heteroatoms. The Labute approximate surface area is 176 Å². The largest absolute Gasteiger partial charge is 0.454 e. The molecule has 1 saturated heterocycles. The molecule has 2 aliphatic heterocycles. The van der Waals surface area contributed by atoms with Crippen molar-refractivity contribution in [2.24, 2.45) is 5.92 Å². The molecular formula is C23H27N3O4. The standard InChI is InChI=1S/C23H27N3O4/c1-3-25(18-6-4-5-16(2)11-18)10-9-24-23(28)17-12-22(27)26(14-17)19-7-8-20-21(13-19)30-15-29-20/h4-8,11,13,17H,3,9-10,12,14-15H2,1-2H3,(H,24,28). The number of amides is 2. The van der Waals surface area contributed by atoms with Gasteiger partial charge in [-0.25, -0.2) is 0 Å². The molecule has 0 saturated carbocycles. The van der Waals surface area contributed by atoms with Crippen LogP contribution in [-0.2, 0) is 9.59 Å². The van der Waals surface area contributed by atoms with Crippen molar-refractivity contribution in [1.82, 2.24) is 5.32 Å². The van der Waals surface area contributed by atoms with E-state index in [1.165, 1.54) is 5.56 Å². The zero-order valence-corrected chi connectivity index (χ0v) is 17.4. The van der Waals surface area contributed by atoms with Crippen molar-refractivity contribution in [2.45, 2.75) is 20.3 Å². The number of carbonyl (C=O) groups excluding carboxylic acids is 2. The van der Waals surface area contributed by atoms with Crippen molar-refractivity contribution in [1.29, 1.82) is 0 Å². The van der Waals surface area contributed by atoms with E-state index in [-0.39, 0.29) is 30.9 Å². The lowest BCUT2D eigenvalue weighted by Crippen LogP contribution is -2.38. The first kappa shape index (κ1) is 20.1. The van der Waals surface area contributed by atoms with Gasteiger partial charge in [-0.05, 0) is 43.7 Å². The quantitative estimate of drug-likeness (QED) is 0.761. The van der Waals surface area contributed by atoms with Gasteiger partial charge in [0.15, 0.2) is 11.5 Å².